The van der Waals surface area contributed by atoms with Crippen LogP contribution in [-0.2, 0) is 11.3 Å². The van der Waals surface area contributed by atoms with E-state index < -0.39 is 5.97 Å². The first-order valence-corrected chi connectivity index (χ1v) is 7.93. The number of nitrogens with zero attached hydrogens (tertiary/aromatic N) is 2. The number of aromatic nitrogens is 1. The predicted octanol–water partition coefficient (Wildman–Crippen LogP) is 1.92. The number of hydrogen-bond acceptors (Lipinski definition) is 6. The lowest BCUT2D eigenvalue weighted by Gasteiger charge is -2.26. The Hall–Kier alpha value is -2.18. The van der Waals surface area contributed by atoms with E-state index in [4.69, 9.17) is 9.15 Å². The molecular formula is C17H21N3O3. The predicted molar refractivity (Wildman–Crippen MR) is 86.0 cm³/mol. The molecule has 0 amide bonds. The number of nitrogens with one attached hydrogen (secondary N) is 1. The third-order valence-electron chi connectivity index (χ3n) is 3.76. The van der Waals surface area contributed by atoms with Crippen LogP contribution in [0.5, 0.6) is 0 Å². The fraction of sp³-hybridized carbons (Fsp3) is 0.412. The summed E-state index contributed by atoms with van der Waals surface area (Å²) < 4.78 is 11.0. The van der Waals surface area contributed by atoms with Gasteiger partial charge in [-0.1, -0.05) is 18.2 Å². The summed E-state index contributed by atoms with van der Waals surface area (Å²) in [5.74, 6) is 0.603. The summed E-state index contributed by atoms with van der Waals surface area (Å²) in [7, 11) is 0. The molecule has 0 unspecified atom stereocenters. The van der Waals surface area contributed by atoms with Crippen molar-refractivity contribution in [3.8, 4) is 11.5 Å². The Balaban J connectivity index is 1.88. The lowest BCUT2D eigenvalue weighted by Crippen LogP contribution is -2.43. The van der Waals surface area contributed by atoms with Gasteiger partial charge in [-0.05, 0) is 19.1 Å². The van der Waals surface area contributed by atoms with Crippen molar-refractivity contribution in [2.45, 2.75) is 13.5 Å². The molecule has 0 atom stereocenters. The molecular weight excluding hydrogens is 294 g/mol. The number of rotatable bonds is 5. The Labute approximate surface area is 135 Å². The first-order valence-electron chi connectivity index (χ1n) is 7.93. The molecule has 1 fully saturated rings. The van der Waals surface area contributed by atoms with Crippen LogP contribution in [0.1, 0.15) is 23.2 Å². The summed E-state index contributed by atoms with van der Waals surface area (Å²) in [6, 6.07) is 9.59. The van der Waals surface area contributed by atoms with Crippen molar-refractivity contribution in [2.24, 2.45) is 0 Å². The number of piperazine rings is 1. The molecule has 1 saturated heterocycles. The van der Waals surface area contributed by atoms with Crippen molar-refractivity contribution in [3.63, 3.8) is 0 Å². The molecule has 1 aliphatic rings. The normalized spacial score (nSPS) is 15.5. The first-order chi connectivity index (χ1) is 11.3. The van der Waals surface area contributed by atoms with Crippen molar-refractivity contribution in [3.05, 3.63) is 41.8 Å². The van der Waals surface area contributed by atoms with E-state index >= 15 is 0 Å². The van der Waals surface area contributed by atoms with Gasteiger partial charge in [0.1, 0.15) is 0 Å². The molecule has 122 valence electrons. The average Bonchev–Trinajstić information content (AvgIpc) is 3.01. The molecule has 6 heteroatoms. The van der Waals surface area contributed by atoms with Crippen molar-refractivity contribution in [1.82, 2.24) is 15.2 Å². The highest BCUT2D eigenvalue weighted by molar-refractivity contribution is 5.89. The molecule has 0 radical (unpaired) electrons. The van der Waals surface area contributed by atoms with Crippen molar-refractivity contribution >= 4 is 5.97 Å². The standard InChI is InChI=1S/C17H21N3O3/c1-2-22-17(21)15-14(12-20-10-8-18-9-11-20)23-16(19-15)13-6-4-3-5-7-13/h3-7,18H,2,8-12H2,1H3. The minimum absolute atomic E-state index is 0.282. The summed E-state index contributed by atoms with van der Waals surface area (Å²) in [6.45, 7) is 6.39. The number of esters is 1. The quantitative estimate of drug-likeness (QED) is 0.850. The third kappa shape index (κ3) is 3.78. The number of hydrogen-bond donors (Lipinski definition) is 1. The highest BCUT2D eigenvalue weighted by Crippen LogP contribution is 2.23. The first kappa shape index (κ1) is 15.7. The molecule has 3 rings (SSSR count). The molecule has 6 nitrogen and oxygen atoms in total. The van der Waals surface area contributed by atoms with Crippen LogP contribution in [0, 0.1) is 0 Å². The Morgan fingerprint density at radius 3 is 2.74 bits per heavy atom. The Kier molecular flexibility index (Phi) is 5.05. The molecule has 0 aliphatic carbocycles. The van der Waals surface area contributed by atoms with Gasteiger partial charge in [0.25, 0.3) is 0 Å². The van der Waals surface area contributed by atoms with Crippen LogP contribution < -0.4 is 5.32 Å². The molecule has 0 spiro atoms. The molecule has 1 aliphatic heterocycles. The summed E-state index contributed by atoms with van der Waals surface area (Å²) in [6.07, 6.45) is 0. The minimum atomic E-state index is -0.427. The monoisotopic (exact) mass is 315 g/mol. The molecule has 1 N–H and O–H groups in total. The number of oxazole rings is 1. The van der Waals surface area contributed by atoms with E-state index in [-0.39, 0.29) is 5.69 Å². The van der Waals surface area contributed by atoms with Crippen LogP contribution in [0.4, 0.5) is 0 Å². The largest absolute Gasteiger partial charge is 0.461 e. The van der Waals surface area contributed by atoms with Crippen LogP contribution in [-0.4, -0.2) is 48.6 Å². The van der Waals surface area contributed by atoms with Gasteiger partial charge >= 0.3 is 5.97 Å². The van der Waals surface area contributed by atoms with E-state index in [0.29, 0.717) is 24.8 Å². The second kappa shape index (κ2) is 7.39. The summed E-state index contributed by atoms with van der Waals surface area (Å²) >= 11 is 0. The molecule has 0 bridgehead atoms. The van der Waals surface area contributed by atoms with Crippen LogP contribution in [0.2, 0.25) is 0 Å². The molecule has 2 aromatic rings. The molecule has 0 saturated carbocycles. The second-order valence-electron chi connectivity index (χ2n) is 5.40. The fourth-order valence-electron chi connectivity index (χ4n) is 2.59. The van der Waals surface area contributed by atoms with Gasteiger partial charge in [-0.15, -0.1) is 0 Å². The van der Waals surface area contributed by atoms with Crippen molar-refractivity contribution < 1.29 is 13.9 Å². The van der Waals surface area contributed by atoms with Gasteiger partial charge in [-0.3, -0.25) is 4.90 Å². The van der Waals surface area contributed by atoms with Crippen LogP contribution >= 0.6 is 0 Å². The maximum atomic E-state index is 12.2. The Morgan fingerprint density at radius 1 is 1.30 bits per heavy atom. The van der Waals surface area contributed by atoms with Crippen LogP contribution in [0.15, 0.2) is 34.7 Å². The van der Waals surface area contributed by atoms with Crippen LogP contribution in [0.3, 0.4) is 0 Å². The van der Waals surface area contributed by atoms with Gasteiger partial charge in [-0.2, -0.15) is 0 Å². The van der Waals surface area contributed by atoms with E-state index in [1.807, 2.05) is 30.3 Å². The number of ether oxygens (including phenoxy) is 1. The number of benzene rings is 1. The maximum Gasteiger partial charge on any atom is 0.360 e. The molecule has 23 heavy (non-hydrogen) atoms. The Bertz CT molecular complexity index is 648. The highest BCUT2D eigenvalue weighted by atomic mass is 16.5. The topological polar surface area (TPSA) is 67.6 Å². The molecule has 1 aromatic heterocycles. The molecule has 2 heterocycles. The average molecular weight is 315 g/mol. The second-order valence-corrected chi connectivity index (χ2v) is 5.40. The number of carbonyl (C=O) groups excluding carboxylic acids is 1. The van der Waals surface area contributed by atoms with Crippen molar-refractivity contribution in [2.75, 3.05) is 32.8 Å². The third-order valence-corrected chi connectivity index (χ3v) is 3.76. The van der Waals surface area contributed by atoms with Gasteiger partial charge < -0.3 is 14.5 Å². The summed E-state index contributed by atoms with van der Waals surface area (Å²) in [5.41, 5.74) is 1.13. The smallest absolute Gasteiger partial charge is 0.360 e. The van der Waals surface area contributed by atoms with E-state index in [1.165, 1.54) is 0 Å². The van der Waals surface area contributed by atoms with E-state index in [9.17, 15) is 4.79 Å². The summed E-state index contributed by atoms with van der Waals surface area (Å²) in [4.78, 5) is 18.8. The highest BCUT2D eigenvalue weighted by Gasteiger charge is 2.24. The van der Waals surface area contributed by atoms with Gasteiger partial charge in [0, 0.05) is 31.7 Å². The minimum Gasteiger partial charge on any atom is -0.461 e. The number of carbonyl (C=O) groups is 1. The van der Waals surface area contributed by atoms with Gasteiger partial charge in [0.15, 0.2) is 11.5 Å². The van der Waals surface area contributed by atoms with Crippen LogP contribution in [0.25, 0.3) is 11.5 Å². The zero-order valence-electron chi connectivity index (χ0n) is 13.2. The van der Waals surface area contributed by atoms with E-state index in [0.717, 1.165) is 31.7 Å². The van der Waals surface area contributed by atoms with Crippen molar-refractivity contribution in [1.29, 1.82) is 0 Å². The SMILES string of the molecule is CCOC(=O)c1nc(-c2ccccc2)oc1CN1CCNCC1. The van der Waals surface area contributed by atoms with Gasteiger partial charge in [0.05, 0.1) is 13.2 Å². The summed E-state index contributed by atoms with van der Waals surface area (Å²) in [5, 5.41) is 3.31. The maximum absolute atomic E-state index is 12.2. The van der Waals surface area contributed by atoms with E-state index in [2.05, 4.69) is 15.2 Å². The van der Waals surface area contributed by atoms with E-state index in [1.54, 1.807) is 6.92 Å². The molecule has 1 aromatic carbocycles. The Morgan fingerprint density at radius 2 is 2.04 bits per heavy atom. The lowest BCUT2D eigenvalue weighted by molar-refractivity contribution is 0.0515. The van der Waals surface area contributed by atoms with Gasteiger partial charge in [-0.25, -0.2) is 9.78 Å². The zero-order chi connectivity index (χ0) is 16.1. The fourth-order valence-corrected chi connectivity index (χ4v) is 2.59. The zero-order valence-corrected chi connectivity index (χ0v) is 13.2. The van der Waals surface area contributed by atoms with Gasteiger partial charge in [0.2, 0.25) is 5.89 Å². The lowest BCUT2D eigenvalue weighted by atomic mass is 10.2.